The van der Waals surface area contributed by atoms with Crippen LogP contribution >= 0.6 is 0 Å². The van der Waals surface area contributed by atoms with Crippen LogP contribution in [0, 0.1) is 5.92 Å². The molecule has 2 saturated heterocycles. The number of fused-ring (bicyclic) bond motifs is 2. The lowest BCUT2D eigenvalue weighted by atomic mass is 9.93. The number of nitrogens with zero attached hydrogens (tertiary/aromatic N) is 2. The number of nitrogens with one attached hydrogen (secondary N) is 3. The maximum atomic E-state index is 13.9. The Morgan fingerprint density at radius 2 is 1.85 bits per heavy atom. The number of carboxylic acid groups (broad SMARTS) is 1. The van der Waals surface area contributed by atoms with E-state index in [2.05, 4.69) is 19.4 Å². The summed E-state index contributed by atoms with van der Waals surface area (Å²) in [5.41, 5.74) is 1.31. The third-order valence-electron chi connectivity index (χ3n) is 8.89. The molecular formula is C30H39N5O10S2. The molecule has 0 bridgehead atoms. The summed E-state index contributed by atoms with van der Waals surface area (Å²) in [6, 6.07) is 11.3. The molecule has 3 fully saturated rings. The highest BCUT2D eigenvalue weighted by molar-refractivity contribution is 7.92. The molecule has 3 aliphatic rings. The van der Waals surface area contributed by atoms with E-state index in [9.17, 15) is 31.8 Å². The van der Waals surface area contributed by atoms with Crippen LogP contribution in [0.3, 0.4) is 0 Å². The van der Waals surface area contributed by atoms with E-state index in [1.54, 1.807) is 12.1 Å². The molecule has 6 atom stereocenters. The largest absolute Gasteiger partial charge is 0.465 e. The first-order valence-electron chi connectivity index (χ1n) is 15.5. The van der Waals surface area contributed by atoms with E-state index in [4.69, 9.17) is 14.2 Å². The number of benzene rings is 2. The van der Waals surface area contributed by atoms with Gasteiger partial charge in [-0.1, -0.05) is 43.2 Å². The number of rotatable bonds is 13. The molecule has 1 aliphatic carbocycles. The molecule has 0 spiro atoms. The monoisotopic (exact) mass is 693 g/mol. The fourth-order valence-electron chi connectivity index (χ4n) is 6.71. The van der Waals surface area contributed by atoms with Gasteiger partial charge in [0.05, 0.1) is 53.6 Å². The Hall–Kier alpha value is -3.32. The normalized spacial score (nSPS) is 23.8. The van der Waals surface area contributed by atoms with Crippen LogP contribution in [0.5, 0.6) is 0 Å². The molecule has 15 nitrogen and oxygen atoms in total. The second-order valence-electron chi connectivity index (χ2n) is 12.3. The predicted molar refractivity (Wildman–Crippen MR) is 169 cm³/mol. The van der Waals surface area contributed by atoms with Gasteiger partial charge in [0, 0.05) is 5.92 Å². The van der Waals surface area contributed by atoms with E-state index in [0.29, 0.717) is 31.4 Å². The highest BCUT2D eigenvalue weighted by atomic mass is 32.2. The molecule has 2 aliphatic heterocycles. The Kier molecular flexibility index (Phi) is 9.76. The number of aromatic amines is 1. The fourth-order valence-corrected chi connectivity index (χ4v) is 8.32. The van der Waals surface area contributed by atoms with Crippen molar-refractivity contribution in [1.29, 1.82) is 0 Å². The first-order valence-corrected chi connectivity index (χ1v) is 18.9. The summed E-state index contributed by atoms with van der Waals surface area (Å²) in [5, 5.41) is 22.7. The average Bonchev–Trinajstić information content (AvgIpc) is 3.81. The number of anilines is 1. The third kappa shape index (κ3) is 7.72. The number of aromatic nitrogens is 2. The zero-order valence-electron chi connectivity index (χ0n) is 25.7. The topological polar surface area (TPSA) is 209 Å². The summed E-state index contributed by atoms with van der Waals surface area (Å²) >= 11 is 0. The van der Waals surface area contributed by atoms with Crippen molar-refractivity contribution in [2.75, 3.05) is 24.2 Å². The number of amides is 1. The Morgan fingerprint density at radius 3 is 2.55 bits per heavy atom. The van der Waals surface area contributed by atoms with Crippen LogP contribution in [0.15, 0.2) is 53.4 Å². The van der Waals surface area contributed by atoms with Crippen LogP contribution in [-0.2, 0) is 40.7 Å². The van der Waals surface area contributed by atoms with Crippen LogP contribution < -0.4 is 9.44 Å². The Balaban J connectivity index is 1.34. The lowest BCUT2D eigenvalue weighted by Crippen LogP contribution is -2.61. The predicted octanol–water partition coefficient (Wildman–Crippen LogP) is 2.21. The number of imidazole rings is 1. The zero-order valence-corrected chi connectivity index (χ0v) is 27.3. The smallest absolute Gasteiger partial charge is 0.407 e. The molecule has 1 unspecified atom stereocenters. The number of hydrogen-bond acceptors (Lipinski definition) is 10. The van der Waals surface area contributed by atoms with Crippen molar-refractivity contribution in [3.05, 3.63) is 54.1 Å². The molecular weight excluding hydrogens is 654 g/mol. The van der Waals surface area contributed by atoms with Crippen LogP contribution in [0.4, 0.5) is 10.7 Å². The Labute approximate surface area is 272 Å². The van der Waals surface area contributed by atoms with E-state index in [0.717, 1.165) is 24.7 Å². The van der Waals surface area contributed by atoms with Gasteiger partial charge < -0.3 is 29.4 Å². The average molecular weight is 694 g/mol. The molecule has 0 radical (unpaired) electrons. The Morgan fingerprint density at radius 1 is 1.11 bits per heavy atom. The molecule has 5 N–H and O–H groups in total. The summed E-state index contributed by atoms with van der Waals surface area (Å²) in [7, 11) is -8.02. The minimum atomic E-state index is -4.38. The van der Waals surface area contributed by atoms with E-state index >= 15 is 0 Å². The molecule has 1 amide bonds. The van der Waals surface area contributed by atoms with Crippen molar-refractivity contribution in [3.63, 3.8) is 0 Å². The fraction of sp³-hybridized carbons (Fsp3) is 0.533. The quantitative estimate of drug-likeness (QED) is 0.164. The summed E-state index contributed by atoms with van der Waals surface area (Å²) in [6.07, 6.45) is -0.652. The summed E-state index contributed by atoms with van der Waals surface area (Å²) in [4.78, 5) is 20.9. The number of hydrogen-bond donors (Lipinski definition) is 5. The Bertz CT molecular complexity index is 1780. The van der Waals surface area contributed by atoms with Gasteiger partial charge in [0.2, 0.25) is 26.0 Å². The van der Waals surface area contributed by atoms with Crippen molar-refractivity contribution in [1.82, 2.24) is 19.6 Å². The summed E-state index contributed by atoms with van der Waals surface area (Å²) < 4.78 is 73.5. The third-order valence-corrected chi connectivity index (χ3v) is 10.9. The van der Waals surface area contributed by atoms with Crippen molar-refractivity contribution >= 4 is 43.1 Å². The van der Waals surface area contributed by atoms with Crippen LogP contribution in [0.25, 0.3) is 11.0 Å². The van der Waals surface area contributed by atoms with Crippen molar-refractivity contribution < 1.29 is 46.1 Å². The van der Waals surface area contributed by atoms with E-state index < -0.39 is 56.8 Å². The van der Waals surface area contributed by atoms with E-state index in [1.807, 2.05) is 18.2 Å². The second kappa shape index (κ2) is 13.7. The standard InChI is InChI=1S/C30H39N5O10S2/c1-46(39,40)34-29-31-22-12-11-20(16-23(22)32-29)47(41,42)33-27(45-19-9-5-6-10-19)26(36)24(15-18-7-3-2-4-8-18)35(30(37)38)25-17-44-28-21(25)13-14-43-28/h2-4,7-8,11-12,16,19,21,24-28,33,36H,5-6,9-10,13-15,17H2,1H3,(H,37,38)(H2,31,32,34)/t21-,24+,25?,26-,27+,28+/m1/s1. The van der Waals surface area contributed by atoms with Crippen molar-refractivity contribution in [2.24, 2.45) is 5.92 Å². The molecule has 256 valence electrons. The van der Waals surface area contributed by atoms with E-state index in [-0.39, 0.29) is 41.4 Å². The van der Waals surface area contributed by atoms with Gasteiger partial charge in [-0.05, 0) is 49.4 Å². The minimum Gasteiger partial charge on any atom is -0.465 e. The number of ether oxygens (including phenoxy) is 3. The molecule has 17 heteroatoms. The highest BCUT2D eigenvalue weighted by Crippen LogP contribution is 2.36. The molecule has 2 aromatic carbocycles. The second-order valence-corrected chi connectivity index (χ2v) is 15.7. The highest BCUT2D eigenvalue weighted by Gasteiger charge is 2.50. The van der Waals surface area contributed by atoms with Crippen molar-refractivity contribution in [3.8, 4) is 0 Å². The molecule has 1 saturated carbocycles. The van der Waals surface area contributed by atoms with Gasteiger partial charge in [-0.3, -0.25) is 9.62 Å². The number of aliphatic hydroxyl groups is 1. The van der Waals surface area contributed by atoms with Crippen LogP contribution in [0.1, 0.15) is 37.7 Å². The number of sulfonamides is 2. The SMILES string of the molecule is CS(=O)(=O)Nc1nc2ccc(S(=O)(=O)N[C@@H](OC3CCCC3)[C@H](O)[C@H](Cc3ccccc3)N(C(=O)O)C3CO[C@@H]4OCC[C@H]34)cc2[nH]1. The molecule has 3 aromatic rings. The minimum absolute atomic E-state index is 0.0693. The zero-order chi connectivity index (χ0) is 33.3. The van der Waals surface area contributed by atoms with Gasteiger partial charge in [0.25, 0.3) is 0 Å². The van der Waals surface area contributed by atoms with Gasteiger partial charge >= 0.3 is 6.09 Å². The summed E-state index contributed by atoms with van der Waals surface area (Å²) in [6.45, 7) is 0.491. The lowest BCUT2D eigenvalue weighted by molar-refractivity contribution is -0.108. The van der Waals surface area contributed by atoms with Gasteiger partial charge in [-0.25, -0.2) is 26.6 Å². The van der Waals surface area contributed by atoms with Gasteiger partial charge in [0.15, 0.2) is 6.29 Å². The van der Waals surface area contributed by atoms with Gasteiger partial charge in [0.1, 0.15) is 12.3 Å². The number of aliphatic hydroxyl groups excluding tert-OH is 1. The maximum Gasteiger partial charge on any atom is 0.407 e. The number of H-pyrrole nitrogens is 1. The number of carbonyl (C=O) groups is 1. The first-order chi connectivity index (χ1) is 22.4. The van der Waals surface area contributed by atoms with Gasteiger partial charge in [-0.2, -0.15) is 4.72 Å². The van der Waals surface area contributed by atoms with E-state index in [1.165, 1.54) is 23.1 Å². The van der Waals surface area contributed by atoms with Gasteiger partial charge in [-0.15, -0.1) is 0 Å². The van der Waals surface area contributed by atoms with Crippen LogP contribution in [0.2, 0.25) is 0 Å². The summed E-state index contributed by atoms with van der Waals surface area (Å²) in [5.74, 6) is -0.322. The molecule has 3 heterocycles. The lowest BCUT2D eigenvalue weighted by Gasteiger charge is -2.41. The maximum absolute atomic E-state index is 13.9. The van der Waals surface area contributed by atoms with Crippen LogP contribution in [-0.4, -0.2) is 104 Å². The molecule has 47 heavy (non-hydrogen) atoms. The van der Waals surface area contributed by atoms with Crippen molar-refractivity contribution in [2.45, 2.75) is 80.2 Å². The molecule has 6 rings (SSSR count). The first kappa shape index (κ1) is 33.6. The molecule has 1 aromatic heterocycles.